The van der Waals surface area contributed by atoms with E-state index in [-0.39, 0.29) is 33.8 Å². The average Bonchev–Trinajstić information content (AvgIpc) is 2.83. The van der Waals surface area contributed by atoms with Gasteiger partial charge in [0.25, 0.3) is 0 Å². The Hall–Kier alpha value is -3.33. The Bertz CT molecular complexity index is 1200. The molecule has 2 aliphatic heterocycles. The summed E-state index contributed by atoms with van der Waals surface area (Å²) in [6, 6.07) is 7.71. The monoisotopic (exact) mass is 478 g/mol. The number of hydrogen-bond acceptors (Lipinski definition) is 8. The van der Waals surface area contributed by atoms with Gasteiger partial charge in [0.15, 0.2) is 0 Å². The third kappa shape index (κ3) is 4.91. The van der Waals surface area contributed by atoms with E-state index < -0.39 is 5.82 Å². The minimum atomic E-state index is -0.518. The summed E-state index contributed by atoms with van der Waals surface area (Å²) >= 11 is 0. The first kappa shape index (κ1) is 23.4. The number of rotatable bonds is 6. The molecule has 0 saturated carbocycles. The van der Waals surface area contributed by atoms with Gasteiger partial charge in [-0.25, -0.2) is 4.39 Å². The topological polar surface area (TPSA) is 105 Å². The summed E-state index contributed by atoms with van der Waals surface area (Å²) in [7, 11) is 1.46. The van der Waals surface area contributed by atoms with Crippen LogP contribution < -0.4 is 15.4 Å². The van der Waals surface area contributed by atoms with Crippen molar-refractivity contribution in [3.8, 4) is 34.0 Å². The number of piperidine rings is 2. The van der Waals surface area contributed by atoms with Crippen LogP contribution in [0.15, 0.2) is 36.5 Å². The maximum atomic E-state index is 14.9. The zero-order valence-electron chi connectivity index (χ0n) is 20.3. The zero-order valence-corrected chi connectivity index (χ0v) is 20.3. The number of aromatic hydroxyl groups is 1. The van der Waals surface area contributed by atoms with Crippen molar-refractivity contribution < 1.29 is 14.2 Å². The maximum Gasteiger partial charge on any atom is 0.233 e. The molecule has 0 spiro atoms. The molecule has 1 aromatic carbocycles. The summed E-state index contributed by atoms with van der Waals surface area (Å²) in [6.45, 7) is 5.51. The highest BCUT2D eigenvalue weighted by molar-refractivity contribution is 5.75. The van der Waals surface area contributed by atoms with E-state index in [9.17, 15) is 9.50 Å². The molecule has 2 atom stereocenters. The first-order chi connectivity index (χ1) is 16.8. The third-order valence-corrected chi connectivity index (χ3v) is 7.29. The second-order valence-electron chi connectivity index (χ2n) is 10.4. The summed E-state index contributed by atoms with van der Waals surface area (Å²) in [4.78, 5) is 0. The van der Waals surface area contributed by atoms with Crippen molar-refractivity contribution in [1.82, 2.24) is 25.7 Å². The predicted molar refractivity (Wildman–Crippen MR) is 132 cm³/mol. The van der Waals surface area contributed by atoms with Gasteiger partial charge in [0.05, 0.1) is 19.0 Å². The lowest BCUT2D eigenvalue weighted by atomic mass is 9.67. The van der Waals surface area contributed by atoms with Gasteiger partial charge in [0, 0.05) is 40.4 Å². The van der Waals surface area contributed by atoms with Gasteiger partial charge in [-0.05, 0) is 76.1 Å². The molecule has 2 fully saturated rings. The molecular weight excluding hydrogens is 447 g/mol. The summed E-state index contributed by atoms with van der Waals surface area (Å²) in [6.07, 6.45) is 7.42. The molecule has 3 N–H and O–H groups in total. The van der Waals surface area contributed by atoms with E-state index in [2.05, 4.69) is 44.9 Å². The lowest BCUT2D eigenvalue weighted by Crippen LogP contribution is -2.63. The fourth-order valence-electron chi connectivity index (χ4n) is 5.92. The van der Waals surface area contributed by atoms with Crippen LogP contribution in [0.25, 0.3) is 22.4 Å². The smallest absolute Gasteiger partial charge is 0.233 e. The number of anilines is 1. The number of nitrogens with one attached hydrogen (secondary N) is 2. The number of halogens is 1. The Morgan fingerprint density at radius 1 is 1.09 bits per heavy atom. The second-order valence-corrected chi connectivity index (χ2v) is 10.4. The number of phenolic OH excluding ortho intramolecular Hbond substituents is 1. The van der Waals surface area contributed by atoms with Crippen LogP contribution in [0.3, 0.4) is 0 Å². The van der Waals surface area contributed by atoms with Crippen molar-refractivity contribution >= 4 is 5.82 Å². The Labute approximate surface area is 204 Å². The van der Waals surface area contributed by atoms with Gasteiger partial charge in [0.2, 0.25) is 5.88 Å². The third-order valence-electron chi connectivity index (χ3n) is 7.29. The lowest BCUT2D eigenvalue weighted by Gasteiger charge is -2.53. The normalized spacial score (nSPS) is 25.8. The number of methoxy groups -OCH3 is 1. The predicted octanol–water partition coefficient (Wildman–Crippen LogP) is 4.57. The Balaban J connectivity index is 1.28. The van der Waals surface area contributed by atoms with Gasteiger partial charge >= 0.3 is 0 Å². The van der Waals surface area contributed by atoms with Crippen molar-refractivity contribution in [3.05, 3.63) is 42.3 Å². The highest BCUT2D eigenvalue weighted by Crippen LogP contribution is 2.42. The van der Waals surface area contributed by atoms with Crippen molar-refractivity contribution in [3.63, 3.8) is 0 Å². The standard InChI is InChI=1S/C26H31FN6O2/c1-25-7-4-8-26(2,33-25)13-16(12-25)14-28-23-6-5-21(30-31-23)19-10-20(27)18(11-22(19)34)17-9-24(35-3)32-29-15-17/h5-6,9-11,15-16,33-34H,4,7-8,12-14H2,1-3H3,(H,28,31). The molecule has 9 heteroatoms. The molecule has 8 nitrogen and oxygen atoms in total. The highest BCUT2D eigenvalue weighted by atomic mass is 19.1. The number of fused-ring (bicyclic) bond motifs is 2. The van der Waals surface area contributed by atoms with Crippen LogP contribution >= 0.6 is 0 Å². The van der Waals surface area contributed by atoms with Gasteiger partial charge in [0.1, 0.15) is 17.4 Å². The van der Waals surface area contributed by atoms with Gasteiger partial charge in [-0.1, -0.05) is 0 Å². The molecule has 0 amide bonds. The van der Waals surface area contributed by atoms with Crippen LogP contribution in [0, 0.1) is 11.7 Å². The maximum absolute atomic E-state index is 14.9. The zero-order chi connectivity index (χ0) is 24.6. The summed E-state index contributed by atoms with van der Waals surface area (Å²) in [5.41, 5.74) is 1.72. The molecule has 3 aromatic rings. The molecule has 35 heavy (non-hydrogen) atoms. The van der Waals surface area contributed by atoms with E-state index >= 15 is 0 Å². The minimum Gasteiger partial charge on any atom is -0.507 e. The van der Waals surface area contributed by atoms with Gasteiger partial charge in [-0.2, -0.15) is 5.10 Å². The molecule has 5 rings (SSSR count). The van der Waals surface area contributed by atoms with Crippen LogP contribution in [0.4, 0.5) is 10.2 Å². The number of phenols is 1. The number of ether oxygens (including phenoxy) is 1. The van der Waals surface area contributed by atoms with Crippen LogP contribution in [0.2, 0.25) is 0 Å². The molecule has 2 bridgehead atoms. The summed E-state index contributed by atoms with van der Waals surface area (Å²) in [5, 5.41) is 34.0. The molecule has 0 radical (unpaired) electrons. The SMILES string of the molecule is COc1cc(-c2cc(O)c(-c3ccc(NCC4CC5(C)CCCC(C)(C4)N5)nn3)cc2F)cnn1. The number of hydrogen-bond donors (Lipinski definition) is 3. The fourth-order valence-corrected chi connectivity index (χ4v) is 5.92. The average molecular weight is 479 g/mol. The molecule has 2 aromatic heterocycles. The molecular formula is C26H31FN6O2. The van der Waals surface area contributed by atoms with Gasteiger partial charge in [-0.3, -0.25) is 0 Å². The van der Waals surface area contributed by atoms with E-state index in [4.69, 9.17) is 4.74 Å². The van der Waals surface area contributed by atoms with E-state index in [1.807, 2.05) is 6.07 Å². The van der Waals surface area contributed by atoms with Crippen LogP contribution in [-0.2, 0) is 0 Å². The van der Waals surface area contributed by atoms with Crippen LogP contribution in [0.1, 0.15) is 46.0 Å². The number of benzene rings is 1. The number of aromatic nitrogens is 4. The summed E-state index contributed by atoms with van der Waals surface area (Å²) < 4.78 is 20.0. The van der Waals surface area contributed by atoms with Gasteiger partial charge < -0.3 is 20.5 Å². The first-order valence-corrected chi connectivity index (χ1v) is 12.0. The van der Waals surface area contributed by atoms with Crippen molar-refractivity contribution in [2.75, 3.05) is 19.0 Å². The highest BCUT2D eigenvalue weighted by Gasteiger charge is 2.45. The van der Waals surface area contributed by atoms with Crippen molar-refractivity contribution in [1.29, 1.82) is 0 Å². The van der Waals surface area contributed by atoms with Crippen molar-refractivity contribution in [2.45, 2.75) is 57.0 Å². The lowest BCUT2D eigenvalue weighted by molar-refractivity contribution is 0.0589. The molecule has 2 aliphatic rings. The van der Waals surface area contributed by atoms with E-state index in [1.165, 1.54) is 44.7 Å². The molecule has 0 aliphatic carbocycles. The second kappa shape index (κ2) is 9.03. The first-order valence-electron chi connectivity index (χ1n) is 12.0. The molecule has 2 saturated heterocycles. The van der Waals surface area contributed by atoms with Crippen LogP contribution in [-0.4, -0.2) is 50.2 Å². The summed E-state index contributed by atoms with van der Waals surface area (Å²) in [5.74, 6) is 0.861. The van der Waals surface area contributed by atoms with E-state index in [1.54, 1.807) is 12.1 Å². The Kier molecular flexibility index (Phi) is 6.04. The van der Waals surface area contributed by atoms with Crippen LogP contribution in [0.5, 0.6) is 11.6 Å². The van der Waals surface area contributed by atoms with Crippen molar-refractivity contribution in [2.24, 2.45) is 5.92 Å². The number of nitrogens with zero attached hydrogens (tertiary/aromatic N) is 4. The van der Waals surface area contributed by atoms with E-state index in [0.29, 0.717) is 23.0 Å². The molecule has 184 valence electrons. The minimum absolute atomic E-state index is 0.102. The Morgan fingerprint density at radius 2 is 1.86 bits per heavy atom. The quantitative estimate of drug-likeness (QED) is 0.473. The fraction of sp³-hybridized carbons (Fsp3) is 0.462. The Morgan fingerprint density at radius 3 is 2.54 bits per heavy atom. The molecule has 2 unspecified atom stereocenters. The molecule has 4 heterocycles. The largest absolute Gasteiger partial charge is 0.507 e. The van der Waals surface area contributed by atoms with Gasteiger partial charge in [-0.15, -0.1) is 15.3 Å². The van der Waals surface area contributed by atoms with E-state index in [0.717, 1.165) is 19.4 Å².